The maximum atomic E-state index is 13.9. The summed E-state index contributed by atoms with van der Waals surface area (Å²) < 4.78 is 14.8. The normalized spacial score (nSPS) is 11.0. The van der Waals surface area contributed by atoms with Gasteiger partial charge in [0, 0.05) is 20.9 Å². The Labute approximate surface area is 116 Å². The molecule has 4 nitrogen and oxygen atoms in total. The van der Waals surface area contributed by atoms with Crippen molar-refractivity contribution < 1.29 is 4.39 Å². The van der Waals surface area contributed by atoms with Gasteiger partial charge in [0.1, 0.15) is 11.3 Å². The van der Waals surface area contributed by atoms with Crippen LogP contribution in [0.15, 0.2) is 30.6 Å². The highest BCUT2D eigenvalue weighted by molar-refractivity contribution is 14.1. The van der Waals surface area contributed by atoms with E-state index < -0.39 is 0 Å². The Balaban J connectivity index is 2.31. The van der Waals surface area contributed by atoms with Crippen molar-refractivity contribution in [3.8, 4) is 11.1 Å². The summed E-state index contributed by atoms with van der Waals surface area (Å²) >= 11 is 2.14. The number of aromatic nitrogens is 3. The Hall–Kier alpha value is -1.70. The minimum absolute atomic E-state index is 0.175. The van der Waals surface area contributed by atoms with E-state index in [9.17, 15) is 4.39 Å². The summed E-state index contributed by atoms with van der Waals surface area (Å²) in [7, 11) is 0. The summed E-state index contributed by atoms with van der Waals surface area (Å²) in [6.45, 7) is 0. The molecule has 90 valence electrons. The van der Waals surface area contributed by atoms with Crippen LogP contribution in [-0.2, 0) is 0 Å². The molecule has 0 aliphatic carbocycles. The Bertz CT molecular complexity index is 738. The molecule has 0 saturated carbocycles. The molecule has 0 bridgehead atoms. The number of nitrogens with two attached hydrogens (primary N) is 1. The number of nitrogens with one attached hydrogen (secondary N) is 1. The van der Waals surface area contributed by atoms with Gasteiger partial charge in [0.25, 0.3) is 0 Å². The number of anilines is 1. The lowest BCUT2D eigenvalue weighted by atomic mass is 10.1. The average molecular weight is 354 g/mol. The van der Waals surface area contributed by atoms with E-state index in [4.69, 9.17) is 5.73 Å². The number of halogens is 2. The minimum atomic E-state index is -0.284. The number of aromatic amines is 1. The zero-order valence-corrected chi connectivity index (χ0v) is 11.3. The Morgan fingerprint density at radius 2 is 2.11 bits per heavy atom. The van der Waals surface area contributed by atoms with Crippen LogP contribution in [0.25, 0.3) is 22.2 Å². The summed E-state index contributed by atoms with van der Waals surface area (Å²) in [5.74, 6) is -0.108. The fourth-order valence-corrected chi connectivity index (χ4v) is 2.33. The molecule has 0 saturated heterocycles. The molecule has 18 heavy (non-hydrogen) atoms. The number of hydrogen-bond acceptors (Lipinski definition) is 3. The highest BCUT2D eigenvalue weighted by Gasteiger charge is 2.12. The molecule has 0 aliphatic heterocycles. The van der Waals surface area contributed by atoms with E-state index in [-0.39, 0.29) is 11.8 Å². The molecule has 0 spiro atoms. The Morgan fingerprint density at radius 1 is 1.28 bits per heavy atom. The van der Waals surface area contributed by atoms with E-state index in [1.54, 1.807) is 24.5 Å². The molecule has 0 atom stereocenters. The third-order valence-corrected chi connectivity index (χ3v) is 3.32. The molecular formula is C12H8FIN4. The highest BCUT2D eigenvalue weighted by atomic mass is 127. The highest BCUT2D eigenvalue weighted by Crippen LogP contribution is 2.30. The van der Waals surface area contributed by atoms with Crippen molar-refractivity contribution in [3.63, 3.8) is 0 Å². The monoisotopic (exact) mass is 354 g/mol. The molecule has 0 radical (unpaired) electrons. The maximum absolute atomic E-state index is 13.9. The first-order chi connectivity index (χ1) is 8.65. The van der Waals surface area contributed by atoms with Crippen molar-refractivity contribution in [1.29, 1.82) is 0 Å². The molecule has 3 rings (SSSR count). The molecule has 2 heterocycles. The van der Waals surface area contributed by atoms with Crippen molar-refractivity contribution in [1.82, 2.24) is 15.0 Å². The third-order valence-electron chi connectivity index (χ3n) is 2.65. The van der Waals surface area contributed by atoms with Crippen LogP contribution in [0, 0.1) is 9.39 Å². The van der Waals surface area contributed by atoms with Crippen LogP contribution in [0.2, 0.25) is 0 Å². The lowest BCUT2D eigenvalue weighted by Crippen LogP contribution is -1.94. The van der Waals surface area contributed by atoms with Gasteiger partial charge in [-0.2, -0.15) is 0 Å². The van der Waals surface area contributed by atoms with Crippen molar-refractivity contribution in [2.45, 2.75) is 0 Å². The predicted molar refractivity (Wildman–Crippen MR) is 76.4 cm³/mol. The zero-order chi connectivity index (χ0) is 12.7. The number of benzene rings is 1. The van der Waals surface area contributed by atoms with Gasteiger partial charge in [0.05, 0.1) is 11.7 Å². The van der Waals surface area contributed by atoms with Crippen LogP contribution >= 0.6 is 22.6 Å². The molecule has 0 amide bonds. The zero-order valence-electron chi connectivity index (χ0n) is 9.11. The molecule has 2 aromatic heterocycles. The summed E-state index contributed by atoms with van der Waals surface area (Å²) in [4.78, 5) is 11.1. The van der Waals surface area contributed by atoms with Crippen molar-refractivity contribution in [2.75, 3.05) is 5.73 Å². The number of H-pyrrole nitrogens is 1. The maximum Gasteiger partial charge on any atom is 0.220 e. The van der Waals surface area contributed by atoms with Gasteiger partial charge in [-0.15, -0.1) is 0 Å². The average Bonchev–Trinajstić information content (AvgIpc) is 2.75. The van der Waals surface area contributed by atoms with Crippen LogP contribution in [0.4, 0.5) is 10.3 Å². The molecule has 3 N–H and O–H groups in total. The van der Waals surface area contributed by atoms with Crippen LogP contribution in [0.1, 0.15) is 0 Å². The number of nitrogens with zero attached hydrogens (tertiary/aromatic N) is 2. The second kappa shape index (κ2) is 4.20. The Morgan fingerprint density at radius 3 is 2.94 bits per heavy atom. The third kappa shape index (κ3) is 1.82. The minimum Gasteiger partial charge on any atom is -0.368 e. The van der Waals surface area contributed by atoms with Gasteiger partial charge in [-0.1, -0.05) is 0 Å². The lowest BCUT2D eigenvalue weighted by Gasteiger charge is -2.02. The summed E-state index contributed by atoms with van der Waals surface area (Å²) in [5.41, 5.74) is 8.12. The van der Waals surface area contributed by atoms with E-state index in [1.807, 2.05) is 0 Å². The summed E-state index contributed by atoms with van der Waals surface area (Å²) in [6.07, 6.45) is 3.31. The quantitative estimate of drug-likeness (QED) is 0.661. The first-order valence-corrected chi connectivity index (χ1v) is 6.28. The molecule has 0 unspecified atom stereocenters. The van der Waals surface area contributed by atoms with E-state index in [0.717, 1.165) is 9.09 Å². The second-order valence-corrected chi connectivity index (χ2v) is 5.06. The summed E-state index contributed by atoms with van der Waals surface area (Å²) in [5, 5.41) is 0. The molecule has 6 heteroatoms. The molecular weight excluding hydrogens is 346 g/mol. The number of fused-ring (bicyclic) bond motifs is 1. The lowest BCUT2D eigenvalue weighted by molar-refractivity contribution is 0.631. The predicted octanol–water partition coefficient (Wildman–Crippen LogP) is 2.95. The second-order valence-electron chi connectivity index (χ2n) is 3.82. The molecule has 1 aromatic carbocycles. The van der Waals surface area contributed by atoms with E-state index in [2.05, 4.69) is 37.5 Å². The molecule has 0 fully saturated rings. The van der Waals surface area contributed by atoms with Gasteiger partial charge in [0.2, 0.25) is 5.95 Å². The fraction of sp³-hybridized carbons (Fsp3) is 0. The Kier molecular flexibility index (Phi) is 2.66. The standard InChI is InChI=1S/C12H8FIN4/c13-9-2-1-6(14)3-7(9)8-4-16-10-5-17-12(15)18-11(8)10/h1-5,16H,(H2,15,17,18). The first kappa shape index (κ1) is 11.4. The van der Waals surface area contributed by atoms with Crippen LogP contribution < -0.4 is 5.73 Å². The van der Waals surface area contributed by atoms with Gasteiger partial charge < -0.3 is 10.7 Å². The van der Waals surface area contributed by atoms with Crippen LogP contribution in [0.5, 0.6) is 0 Å². The van der Waals surface area contributed by atoms with Gasteiger partial charge in [-0.05, 0) is 40.8 Å². The van der Waals surface area contributed by atoms with Crippen LogP contribution in [0.3, 0.4) is 0 Å². The fourth-order valence-electron chi connectivity index (χ4n) is 1.83. The largest absolute Gasteiger partial charge is 0.368 e. The summed E-state index contributed by atoms with van der Waals surface area (Å²) in [6, 6.07) is 4.94. The van der Waals surface area contributed by atoms with E-state index >= 15 is 0 Å². The van der Waals surface area contributed by atoms with Crippen LogP contribution in [-0.4, -0.2) is 15.0 Å². The molecule has 3 aromatic rings. The number of rotatable bonds is 1. The number of hydrogen-bond donors (Lipinski definition) is 2. The first-order valence-electron chi connectivity index (χ1n) is 5.20. The smallest absolute Gasteiger partial charge is 0.220 e. The van der Waals surface area contributed by atoms with Crippen molar-refractivity contribution >= 4 is 39.6 Å². The van der Waals surface area contributed by atoms with Crippen molar-refractivity contribution in [3.05, 3.63) is 40.0 Å². The van der Waals surface area contributed by atoms with E-state index in [1.165, 1.54) is 6.07 Å². The topological polar surface area (TPSA) is 67.6 Å². The van der Waals surface area contributed by atoms with Gasteiger partial charge in [-0.3, -0.25) is 0 Å². The van der Waals surface area contributed by atoms with Gasteiger partial charge >= 0.3 is 0 Å². The SMILES string of the molecule is Nc1ncc2[nH]cc(-c3cc(I)ccc3F)c2n1. The molecule has 0 aliphatic rings. The van der Waals surface area contributed by atoms with Gasteiger partial charge in [-0.25, -0.2) is 14.4 Å². The van der Waals surface area contributed by atoms with Gasteiger partial charge in [0.15, 0.2) is 0 Å². The van der Waals surface area contributed by atoms with Crippen molar-refractivity contribution in [2.24, 2.45) is 0 Å². The number of nitrogen functional groups attached to an aromatic ring is 1. The van der Waals surface area contributed by atoms with E-state index in [0.29, 0.717) is 16.6 Å².